The molecule has 9 heteroatoms. The zero-order chi connectivity index (χ0) is 14.4. The predicted octanol–water partition coefficient (Wildman–Crippen LogP) is 1.22. The van der Waals surface area contributed by atoms with Crippen molar-refractivity contribution in [2.45, 2.75) is 13.5 Å². The van der Waals surface area contributed by atoms with Crippen LogP contribution in [0.3, 0.4) is 0 Å². The predicted molar refractivity (Wildman–Crippen MR) is 72.2 cm³/mol. The number of nitrogens with zero attached hydrogens (tertiary/aromatic N) is 5. The first-order valence-corrected chi connectivity index (χ1v) is 5.94. The zero-order valence-corrected chi connectivity index (χ0v) is 10.8. The minimum absolute atomic E-state index is 0.152. The van der Waals surface area contributed by atoms with Crippen molar-refractivity contribution in [1.82, 2.24) is 19.9 Å². The Labute approximate surface area is 114 Å². The van der Waals surface area contributed by atoms with Crippen LogP contribution in [0.1, 0.15) is 12.6 Å². The van der Waals surface area contributed by atoms with Crippen LogP contribution >= 0.6 is 0 Å². The molecule has 0 aliphatic rings. The number of hydrogen-bond acceptors (Lipinski definition) is 8. The summed E-state index contributed by atoms with van der Waals surface area (Å²) in [5.41, 5.74) is 0.529. The van der Waals surface area contributed by atoms with E-state index < -0.39 is 4.92 Å². The molecule has 2 rings (SSSR count). The van der Waals surface area contributed by atoms with Gasteiger partial charge in [0.1, 0.15) is 12.7 Å². The maximum absolute atomic E-state index is 11.1. The Hall–Kier alpha value is -2.84. The van der Waals surface area contributed by atoms with Crippen LogP contribution in [0.4, 0.5) is 17.3 Å². The number of aromatic nitrogens is 4. The summed E-state index contributed by atoms with van der Waals surface area (Å²) in [5, 5.41) is 16.9. The minimum Gasteiger partial charge on any atom is -0.364 e. The third-order valence-corrected chi connectivity index (χ3v) is 2.43. The molecule has 0 radical (unpaired) electrons. The highest BCUT2D eigenvalue weighted by Gasteiger charge is 2.22. The molecule has 0 saturated heterocycles. The first kappa shape index (κ1) is 13.6. The van der Waals surface area contributed by atoms with Gasteiger partial charge in [0.15, 0.2) is 0 Å². The van der Waals surface area contributed by atoms with Crippen LogP contribution in [0.2, 0.25) is 0 Å². The molecule has 0 aromatic carbocycles. The molecule has 0 unspecified atom stereocenters. The van der Waals surface area contributed by atoms with Crippen molar-refractivity contribution < 1.29 is 4.92 Å². The van der Waals surface area contributed by atoms with E-state index in [4.69, 9.17) is 0 Å². The first-order valence-electron chi connectivity index (χ1n) is 5.94. The van der Waals surface area contributed by atoms with Crippen molar-refractivity contribution in [3.63, 3.8) is 0 Å². The number of nitrogens with one attached hydrogen (secondary N) is 2. The molecule has 20 heavy (non-hydrogen) atoms. The fourth-order valence-electron chi connectivity index (χ4n) is 1.57. The van der Waals surface area contributed by atoms with Gasteiger partial charge in [0, 0.05) is 12.7 Å². The Morgan fingerprint density at radius 3 is 2.55 bits per heavy atom. The van der Waals surface area contributed by atoms with Crippen LogP contribution in [-0.4, -0.2) is 31.4 Å². The quantitative estimate of drug-likeness (QED) is 0.596. The summed E-state index contributed by atoms with van der Waals surface area (Å²) in [6.45, 7) is 2.68. The van der Waals surface area contributed by atoms with Gasteiger partial charge in [-0.3, -0.25) is 10.1 Å². The Morgan fingerprint density at radius 2 is 1.95 bits per heavy atom. The summed E-state index contributed by atoms with van der Waals surface area (Å²) in [4.78, 5) is 26.2. The van der Waals surface area contributed by atoms with E-state index in [-0.39, 0.29) is 17.3 Å². The molecule has 104 valence electrons. The molecular weight excluding hydrogens is 262 g/mol. The maximum atomic E-state index is 11.1. The van der Waals surface area contributed by atoms with Gasteiger partial charge in [0.25, 0.3) is 0 Å². The molecule has 0 amide bonds. The van der Waals surface area contributed by atoms with Gasteiger partial charge >= 0.3 is 5.69 Å². The highest BCUT2D eigenvalue weighted by Crippen LogP contribution is 2.28. The van der Waals surface area contributed by atoms with Crippen LogP contribution < -0.4 is 10.6 Å². The van der Waals surface area contributed by atoms with Crippen molar-refractivity contribution in [3.05, 3.63) is 40.7 Å². The Kier molecular flexibility index (Phi) is 4.32. The first-order chi connectivity index (χ1) is 9.72. The Bertz CT molecular complexity index is 591. The highest BCUT2D eigenvalue weighted by atomic mass is 16.6. The third-order valence-electron chi connectivity index (χ3n) is 2.43. The summed E-state index contributed by atoms with van der Waals surface area (Å²) in [5.74, 6) is 0.345. The number of hydrogen-bond donors (Lipinski definition) is 2. The average molecular weight is 275 g/mol. The zero-order valence-electron chi connectivity index (χ0n) is 10.8. The molecule has 2 aromatic rings. The summed E-state index contributed by atoms with van der Waals surface area (Å²) >= 11 is 0. The van der Waals surface area contributed by atoms with E-state index in [0.717, 1.165) is 0 Å². The average Bonchev–Trinajstić information content (AvgIpc) is 2.46. The molecule has 0 fully saturated rings. The van der Waals surface area contributed by atoms with Crippen molar-refractivity contribution in [1.29, 1.82) is 0 Å². The SMILES string of the molecule is CCNc1ncnc(NCc2ccncn2)c1[N+](=O)[O-]. The Balaban J connectivity index is 2.22. The maximum Gasteiger partial charge on any atom is 0.353 e. The van der Waals surface area contributed by atoms with Gasteiger partial charge in [-0.25, -0.2) is 19.9 Å². The van der Waals surface area contributed by atoms with Crippen molar-refractivity contribution in [3.8, 4) is 0 Å². The normalized spacial score (nSPS) is 10.1. The molecule has 2 N–H and O–H groups in total. The number of nitro groups is 1. The Morgan fingerprint density at radius 1 is 1.20 bits per heavy atom. The summed E-state index contributed by atoms with van der Waals surface area (Å²) in [7, 11) is 0. The molecule has 9 nitrogen and oxygen atoms in total. The van der Waals surface area contributed by atoms with E-state index in [2.05, 4.69) is 30.6 Å². The summed E-state index contributed by atoms with van der Waals surface area (Å²) in [6.07, 6.45) is 4.28. The monoisotopic (exact) mass is 275 g/mol. The largest absolute Gasteiger partial charge is 0.364 e. The van der Waals surface area contributed by atoms with Crippen LogP contribution in [0.25, 0.3) is 0 Å². The van der Waals surface area contributed by atoms with Gasteiger partial charge in [-0.1, -0.05) is 0 Å². The van der Waals surface area contributed by atoms with E-state index >= 15 is 0 Å². The van der Waals surface area contributed by atoms with Crippen LogP contribution in [-0.2, 0) is 6.54 Å². The third kappa shape index (κ3) is 3.13. The van der Waals surface area contributed by atoms with Gasteiger partial charge in [-0.05, 0) is 13.0 Å². The van der Waals surface area contributed by atoms with Crippen molar-refractivity contribution in [2.75, 3.05) is 17.2 Å². The molecule has 2 aromatic heterocycles. The molecule has 0 saturated carbocycles. The molecule has 0 spiro atoms. The summed E-state index contributed by atoms with van der Waals surface area (Å²) in [6, 6.07) is 1.71. The molecule has 0 atom stereocenters. The minimum atomic E-state index is -0.514. The van der Waals surface area contributed by atoms with Crippen LogP contribution in [0, 0.1) is 10.1 Å². The lowest BCUT2D eigenvalue weighted by atomic mass is 10.3. The topological polar surface area (TPSA) is 119 Å². The molecule has 0 aliphatic carbocycles. The van der Waals surface area contributed by atoms with E-state index in [1.807, 2.05) is 6.92 Å². The lowest BCUT2D eigenvalue weighted by Crippen LogP contribution is -2.10. The van der Waals surface area contributed by atoms with Crippen LogP contribution in [0.15, 0.2) is 24.9 Å². The second kappa shape index (κ2) is 6.36. The van der Waals surface area contributed by atoms with E-state index in [1.165, 1.54) is 12.7 Å². The van der Waals surface area contributed by atoms with Crippen molar-refractivity contribution in [2.24, 2.45) is 0 Å². The highest BCUT2D eigenvalue weighted by molar-refractivity contribution is 5.69. The van der Waals surface area contributed by atoms with Gasteiger partial charge in [0.05, 0.1) is 17.2 Å². The number of rotatable bonds is 6. The lowest BCUT2D eigenvalue weighted by molar-refractivity contribution is -0.383. The second-order valence-electron chi connectivity index (χ2n) is 3.76. The van der Waals surface area contributed by atoms with E-state index in [9.17, 15) is 10.1 Å². The fourth-order valence-corrected chi connectivity index (χ4v) is 1.57. The van der Waals surface area contributed by atoms with Crippen LogP contribution in [0.5, 0.6) is 0 Å². The molecule has 0 aliphatic heterocycles. The van der Waals surface area contributed by atoms with E-state index in [1.54, 1.807) is 12.3 Å². The molecule has 0 bridgehead atoms. The van der Waals surface area contributed by atoms with Gasteiger partial charge in [-0.2, -0.15) is 0 Å². The van der Waals surface area contributed by atoms with E-state index in [0.29, 0.717) is 18.8 Å². The van der Waals surface area contributed by atoms with Gasteiger partial charge in [0.2, 0.25) is 11.6 Å². The summed E-state index contributed by atoms with van der Waals surface area (Å²) < 4.78 is 0. The fraction of sp³-hybridized carbons (Fsp3) is 0.273. The van der Waals surface area contributed by atoms with Gasteiger partial charge < -0.3 is 10.6 Å². The standard InChI is InChI=1S/C11H13N7O2/c1-2-13-10-9(18(19)20)11(17-7-16-10)14-5-8-3-4-12-6-15-8/h3-4,6-7H,2,5H2,1H3,(H2,13,14,16,17). The lowest BCUT2D eigenvalue weighted by Gasteiger charge is -2.08. The molecular formula is C11H13N7O2. The molecule has 2 heterocycles. The second-order valence-corrected chi connectivity index (χ2v) is 3.76. The number of anilines is 2. The van der Waals surface area contributed by atoms with Crippen molar-refractivity contribution >= 4 is 17.3 Å². The van der Waals surface area contributed by atoms with Gasteiger partial charge in [-0.15, -0.1) is 0 Å². The smallest absolute Gasteiger partial charge is 0.353 e.